The molecule has 0 aliphatic carbocycles. The van der Waals surface area contributed by atoms with E-state index >= 15 is 0 Å². The van der Waals surface area contributed by atoms with Crippen molar-refractivity contribution in [3.63, 3.8) is 0 Å². The molecule has 12 heteroatoms. The lowest BCUT2D eigenvalue weighted by atomic mass is 10.0. The van der Waals surface area contributed by atoms with Crippen molar-refractivity contribution in [3.8, 4) is 0 Å². The van der Waals surface area contributed by atoms with E-state index in [-0.39, 0.29) is 42.4 Å². The number of nitrogens with one attached hydrogen (secondary N) is 4. The van der Waals surface area contributed by atoms with E-state index in [1.54, 1.807) is 31.2 Å². The molecule has 4 N–H and O–H groups in total. The summed E-state index contributed by atoms with van der Waals surface area (Å²) in [4.78, 5) is 49.7. The number of rotatable bonds is 12. The largest absolute Gasteiger partial charge is 0.466 e. The Hall–Kier alpha value is -4.32. The zero-order valence-electron chi connectivity index (χ0n) is 22.9. The molecule has 0 radical (unpaired) electrons. The zero-order valence-corrected chi connectivity index (χ0v) is 23.8. The highest BCUT2D eigenvalue weighted by molar-refractivity contribution is 7.15. The van der Waals surface area contributed by atoms with Gasteiger partial charge in [0.1, 0.15) is 11.0 Å². The summed E-state index contributed by atoms with van der Waals surface area (Å²) >= 11 is 1.08. The van der Waals surface area contributed by atoms with Crippen LogP contribution < -0.4 is 21.3 Å². The van der Waals surface area contributed by atoms with E-state index in [0.29, 0.717) is 17.1 Å². The molecule has 3 rings (SSSR count). The predicted molar refractivity (Wildman–Crippen MR) is 154 cm³/mol. The summed E-state index contributed by atoms with van der Waals surface area (Å²) < 4.78 is 4.90. The molecule has 0 fully saturated rings. The Labute approximate surface area is 237 Å². The molecule has 40 heavy (non-hydrogen) atoms. The molecule has 0 spiro atoms. The molecule has 11 nitrogen and oxygen atoms in total. The van der Waals surface area contributed by atoms with Crippen molar-refractivity contribution in [1.29, 1.82) is 0 Å². The fourth-order valence-corrected chi connectivity index (χ4v) is 4.47. The van der Waals surface area contributed by atoms with Gasteiger partial charge in [0.25, 0.3) is 0 Å². The normalized spacial score (nSPS) is 11.4. The van der Waals surface area contributed by atoms with Crippen LogP contribution in [-0.2, 0) is 32.0 Å². The van der Waals surface area contributed by atoms with E-state index in [0.717, 1.165) is 28.2 Å². The standard InChI is InChI=1S/C28H34N6O5S/c1-5-39-25(36)16-24-33-34-28(40-24)32-26(37)22(14-17(2)3)30-23(35)15-19-10-12-20(13-11-19)29-27(38)31-21-9-7-6-8-18(21)4/h6-13,17,22H,5,14-16H2,1-4H3,(H,30,35)(H2,29,31,38)(H,32,34,37)/t22-/m0/s1. The van der Waals surface area contributed by atoms with Gasteiger partial charge in [-0.2, -0.15) is 0 Å². The van der Waals surface area contributed by atoms with Gasteiger partial charge in [-0.15, -0.1) is 10.2 Å². The second-order valence-electron chi connectivity index (χ2n) is 9.49. The van der Waals surface area contributed by atoms with Crippen LogP contribution in [0.5, 0.6) is 0 Å². The van der Waals surface area contributed by atoms with Crippen LogP contribution in [0.4, 0.5) is 21.3 Å². The lowest BCUT2D eigenvalue weighted by molar-refractivity contribution is -0.142. The molecule has 1 heterocycles. The number of urea groups is 1. The maximum atomic E-state index is 12.9. The second-order valence-corrected chi connectivity index (χ2v) is 10.6. The van der Waals surface area contributed by atoms with Gasteiger partial charge in [0.15, 0.2) is 0 Å². The highest BCUT2D eigenvalue weighted by Gasteiger charge is 2.23. The molecule has 4 amide bonds. The molecule has 0 saturated heterocycles. The Bertz CT molecular complexity index is 1320. The summed E-state index contributed by atoms with van der Waals surface area (Å²) in [5, 5.41) is 19.5. The first-order valence-electron chi connectivity index (χ1n) is 12.9. The lowest BCUT2D eigenvalue weighted by Crippen LogP contribution is -2.45. The van der Waals surface area contributed by atoms with Gasteiger partial charge >= 0.3 is 12.0 Å². The summed E-state index contributed by atoms with van der Waals surface area (Å²) in [7, 11) is 0. The number of hydrogen-bond donors (Lipinski definition) is 4. The number of carbonyl (C=O) groups is 4. The average Bonchev–Trinajstić information content (AvgIpc) is 3.32. The molecule has 1 atom stereocenters. The minimum Gasteiger partial charge on any atom is -0.466 e. The third-order valence-electron chi connectivity index (χ3n) is 5.63. The first kappa shape index (κ1) is 30.2. The average molecular weight is 567 g/mol. The topological polar surface area (TPSA) is 151 Å². The highest BCUT2D eigenvalue weighted by atomic mass is 32.1. The first-order chi connectivity index (χ1) is 19.1. The van der Waals surface area contributed by atoms with Crippen molar-refractivity contribution in [2.45, 2.75) is 53.0 Å². The number of carbonyl (C=O) groups excluding carboxylic acids is 4. The van der Waals surface area contributed by atoms with Gasteiger partial charge < -0.3 is 20.7 Å². The van der Waals surface area contributed by atoms with Crippen molar-refractivity contribution in [2.24, 2.45) is 5.92 Å². The van der Waals surface area contributed by atoms with Crippen molar-refractivity contribution < 1.29 is 23.9 Å². The molecule has 0 aliphatic heterocycles. The monoisotopic (exact) mass is 566 g/mol. The van der Waals surface area contributed by atoms with Crippen molar-refractivity contribution in [2.75, 3.05) is 22.6 Å². The number of aromatic nitrogens is 2. The summed E-state index contributed by atoms with van der Waals surface area (Å²) in [5.41, 5.74) is 2.97. The number of nitrogens with zero attached hydrogens (tertiary/aromatic N) is 2. The van der Waals surface area contributed by atoms with Crippen molar-refractivity contribution in [3.05, 3.63) is 64.7 Å². The van der Waals surface area contributed by atoms with E-state index in [2.05, 4.69) is 31.5 Å². The van der Waals surface area contributed by atoms with Gasteiger partial charge in [-0.1, -0.05) is 55.5 Å². The number of hydrogen-bond acceptors (Lipinski definition) is 8. The maximum absolute atomic E-state index is 12.9. The second kappa shape index (κ2) is 14.7. The smallest absolute Gasteiger partial charge is 0.323 e. The quantitative estimate of drug-likeness (QED) is 0.239. The number of amides is 4. The molecule has 3 aromatic rings. The Morgan fingerprint density at radius 3 is 2.33 bits per heavy atom. The number of benzene rings is 2. The van der Waals surface area contributed by atoms with Crippen LogP contribution in [-0.4, -0.2) is 46.7 Å². The third kappa shape index (κ3) is 9.77. The molecule has 0 aliphatic rings. The molecule has 0 saturated carbocycles. The van der Waals surface area contributed by atoms with Gasteiger partial charge in [-0.25, -0.2) is 4.79 Å². The van der Waals surface area contributed by atoms with Gasteiger partial charge in [-0.3, -0.25) is 19.7 Å². The third-order valence-corrected chi connectivity index (χ3v) is 6.47. The molecule has 0 unspecified atom stereocenters. The number of para-hydroxylation sites is 1. The summed E-state index contributed by atoms with van der Waals surface area (Å²) in [6.45, 7) is 7.80. The number of anilines is 3. The van der Waals surface area contributed by atoms with E-state index < -0.39 is 17.9 Å². The van der Waals surface area contributed by atoms with Gasteiger partial charge in [0.05, 0.1) is 19.4 Å². The Morgan fingerprint density at radius 2 is 1.65 bits per heavy atom. The zero-order chi connectivity index (χ0) is 29.1. The van der Waals surface area contributed by atoms with Crippen LogP contribution in [0.25, 0.3) is 0 Å². The first-order valence-corrected chi connectivity index (χ1v) is 13.7. The van der Waals surface area contributed by atoms with Gasteiger partial charge in [0.2, 0.25) is 16.9 Å². The van der Waals surface area contributed by atoms with Crippen LogP contribution in [0, 0.1) is 12.8 Å². The van der Waals surface area contributed by atoms with Crippen LogP contribution in [0.2, 0.25) is 0 Å². The van der Waals surface area contributed by atoms with Crippen LogP contribution in [0.3, 0.4) is 0 Å². The lowest BCUT2D eigenvalue weighted by Gasteiger charge is -2.19. The van der Waals surface area contributed by atoms with Crippen LogP contribution in [0.1, 0.15) is 43.3 Å². The van der Waals surface area contributed by atoms with E-state index in [9.17, 15) is 19.2 Å². The van der Waals surface area contributed by atoms with Crippen LogP contribution in [0.15, 0.2) is 48.5 Å². The van der Waals surface area contributed by atoms with E-state index in [1.165, 1.54) is 0 Å². The highest BCUT2D eigenvalue weighted by Crippen LogP contribution is 2.18. The SMILES string of the molecule is CCOC(=O)Cc1nnc(NC(=O)[C@H](CC(C)C)NC(=O)Cc2ccc(NC(=O)Nc3ccccc3C)cc2)s1. The fraction of sp³-hybridized carbons (Fsp3) is 0.357. The number of esters is 1. The molecule has 1 aromatic heterocycles. The number of aryl methyl sites for hydroxylation is 1. The predicted octanol–water partition coefficient (Wildman–Crippen LogP) is 4.31. The Balaban J connectivity index is 1.53. The number of ether oxygens (including phenoxy) is 1. The van der Waals surface area contributed by atoms with Crippen molar-refractivity contribution >= 4 is 51.7 Å². The molecular weight excluding hydrogens is 532 g/mol. The molecule has 0 bridgehead atoms. The minimum absolute atomic E-state index is 0.0286. The van der Waals surface area contributed by atoms with E-state index in [1.807, 2.05) is 45.0 Å². The van der Waals surface area contributed by atoms with Crippen LogP contribution >= 0.6 is 11.3 Å². The maximum Gasteiger partial charge on any atom is 0.323 e. The minimum atomic E-state index is -0.781. The fourth-order valence-electron chi connectivity index (χ4n) is 3.74. The molecule has 2 aromatic carbocycles. The summed E-state index contributed by atoms with van der Waals surface area (Å²) in [6, 6.07) is 13.2. The Kier molecular flexibility index (Phi) is 11.1. The Morgan fingerprint density at radius 1 is 0.925 bits per heavy atom. The molecule has 212 valence electrons. The van der Waals surface area contributed by atoms with Gasteiger partial charge in [0, 0.05) is 11.4 Å². The van der Waals surface area contributed by atoms with Gasteiger partial charge in [-0.05, 0) is 55.5 Å². The summed E-state index contributed by atoms with van der Waals surface area (Å²) in [6.07, 6.45) is 0.449. The molecular formula is C28H34N6O5S. The summed E-state index contributed by atoms with van der Waals surface area (Å²) in [5.74, 6) is -1.02. The van der Waals surface area contributed by atoms with E-state index in [4.69, 9.17) is 4.74 Å². The van der Waals surface area contributed by atoms with Crippen molar-refractivity contribution in [1.82, 2.24) is 15.5 Å².